The van der Waals surface area contributed by atoms with Gasteiger partial charge in [0.2, 0.25) is 0 Å². The summed E-state index contributed by atoms with van der Waals surface area (Å²) in [4.78, 5) is 26.7. The van der Waals surface area contributed by atoms with Gasteiger partial charge in [0.1, 0.15) is 5.15 Å². The third kappa shape index (κ3) is 2.97. The molecule has 1 aromatic heterocycles. The Kier molecular flexibility index (Phi) is 4.68. The first-order chi connectivity index (χ1) is 9.54. The lowest BCUT2D eigenvalue weighted by molar-refractivity contribution is 0.680. The van der Waals surface area contributed by atoms with Crippen LogP contribution >= 0.6 is 23.2 Å². The zero-order valence-corrected chi connectivity index (χ0v) is 12.5. The molecule has 0 amide bonds. The molecular formula is C14H14Cl2N2O2. The zero-order chi connectivity index (χ0) is 14.7. The first-order valence-electron chi connectivity index (χ1n) is 6.29. The summed E-state index contributed by atoms with van der Waals surface area (Å²) >= 11 is 12.0. The molecule has 0 fully saturated rings. The Morgan fingerprint density at radius 3 is 2.55 bits per heavy atom. The maximum atomic E-state index is 12.3. The molecule has 2 rings (SSSR count). The number of aromatic nitrogens is 2. The van der Waals surface area contributed by atoms with Crippen LogP contribution in [0.25, 0.3) is 0 Å². The van der Waals surface area contributed by atoms with Crippen LogP contribution in [0.3, 0.4) is 0 Å². The van der Waals surface area contributed by atoms with Crippen molar-refractivity contribution in [1.29, 1.82) is 0 Å². The summed E-state index contributed by atoms with van der Waals surface area (Å²) in [5, 5.41) is 0.642. The Hall–Kier alpha value is -1.52. The summed E-state index contributed by atoms with van der Waals surface area (Å²) in [7, 11) is 0. The van der Waals surface area contributed by atoms with Crippen molar-refractivity contribution in [3.8, 4) is 0 Å². The van der Waals surface area contributed by atoms with Crippen molar-refractivity contribution in [2.45, 2.75) is 26.3 Å². The molecule has 0 atom stereocenters. The molecule has 0 saturated heterocycles. The highest BCUT2D eigenvalue weighted by Crippen LogP contribution is 2.15. The number of hydrogen-bond acceptors (Lipinski definition) is 2. The molecular weight excluding hydrogens is 299 g/mol. The Bertz CT molecular complexity index is 735. The monoisotopic (exact) mass is 312 g/mol. The van der Waals surface area contributed by atoms with Gasteiger partial charge in [-0.05, 0) is 18.1 Å². The minimum atomic E-state index is -0.528. The number of H-pyrrole nitrogens is 1. The lowest BCUT2D eigenvalue weighted by Gasteiger charge is -2.09. The first kappa shape index (κ1) is 14.9. The Balaban J connectivity index is 2.53. The largest absolute Gasteiger partial charge is 0.329 e. The Morgan fingerprint density at radius 1 is 1.20 bits per heavy atom. The van der Waals surface area contributed by atoms with Gasteiger partial charge in [0, 0.05) is 5.02 Å². The fourth-order valence-corrected chi connectivity index (χ4v) is 2.44. The second-order valence-corrected chi connectivity index (χ2v) is 5.24. The highest BCUT2D eigenvalue weighted by molar-refractivity contribution is 6.31. The third-order valence-electron chi connectivity index (χ3n) is 3.02. The molecule has 106 valence electrons. The molecule has 0 radical (unpaired) electrons. The maximum absolute atomic E-state index is 12.3. The van der Waals surface area contributed by atoms with E-state index in [1.54, 1.807) is 18.2 Å². The maximum Gasteiger partial charge on any atom is 0.329 e. The number of hydrogen-bond donors (Lipinski definition) is 1. The van der Waals surface area contributed by atoms with Crippen LogP contribution in [0, 0.1) is 0 Å². The molecule has 0 bridgehead atoms. The van der Waals surface area contributed by atoms with Crippen molar-refractivity contribution in [1.82, 2.24) is 9.55 Å². The van der Waals surface area contributed by atoms with Gasteiger partial charge < -0.3 is 0 Å². The van der Waals surface area contributed by atoms with Gasteiger partial charge in [-0.15, -0.1) is 0 Å². The predicted octanol–water partition coefficient (Wildman–Crippen LogP) is 2.84. The van der Waals surface area contributed by atoms with Crippen molar-refractivity contribution in [2.24, 2.45) is 0 Å². The highest BCUT2D eigenvalue weighted by atomic mass is 35.5. The summed E-state index contributed by atoms with van der Waals surface area (Å²) in [6, 6.07) is 7.10. The fraction of sp³-hybridized carbons (Fsp3) is 0.286. The van der Waals surface area contributed by atoms with E-state index in [1.807, 2.05) is 13.0 Å². The number of nitrogens with one attached hydrogen (secondary N) is 1. The SMILES string of the molecule is CCCc1c(Cl)[nH]c(=O)n(Cc2ccccc2Cl)c1=O. The van der Waals surface area contributed by atoms with E-state index in [4.69, 9.17) is 23.2 Å². The predicted molar refractivity (Wildman–Crippen MR) is 80.9 cm³/mol. The molecule has 4 nitrogen and oxygen atoms in total. The van der Waals surface area contributed by atoms with E-state index in [-0.39, 0.29) is 17.3 Å². The van der Waals surface area contributed by atoms with Gasteiger partial charge in [-0.1, -0.05) is 54.7 Å². The molecule has 0 aliphatic carbocycles. The van der Waals surface area contributed by atoms with E-state index in [0.29, 0.717) is 22.6 Å². The minimum absolute atomic E-state index is 0.122. The van der Waals surface area contributed by atoms with Gasteiger partial charge in [-0.3, -0.25) is 14.3 Å². The van der Waals surface area contributed by atoms with Gasteiger partial charge >= 0.3 is 5.69 Å². The quantitative estimate of drug-likeness (QED) is 0.883. The van der Waals surface area contributed by atoms with Crippen molar-refractivity contribution in [3.63, 3.8) is 0 Å². The Morgan fingerprint density at radius 2 is 1.90 bits per heavy atom. The van der Waals surface area contributed by atoms with E-state index in [0.717, 1.165) is 11.0 Å². The lowest BCUT2D eigenvalue weighted by atomic mass is 10.2. The number of halogens is 2. The number of nitrogens with zero attached hydrogens (tertiary/aromatic N) is 1. The second-order valence-electron chi connectivity index (χ2n) is 4.46. The minimum Gasteiger partial charge on any atom is -0.297 e. The van der Waals surface area contributed by atoms with Crippen LogP contribution in [0.4, 0.5) is 0 Å². The average molecular weight is 313 g/mol. The summed E-state index contributed by atoms with van der Waals surface area (Å²) in [6.45, 7) is 2.07. The number of benzene rings is 1. The van der Waals surface area contributed by atoms with Gasteiger partial charge in [0.05, 0.1) is 12.1 Å². The van der Waals surface area contributed by atoms with Crippen LogP contribution in [0.5, 0.6) is 0 Å². The fourth-order valence-electron chi connectivity index (χ4n) is 1.99. The molecule has 1 N–H and O–H groups in total. The second kappa shape index (κ2) is 6.29. The lowest BCUT2D eigenvalue weighted by Crippen LogP contribution is -2.37. The molecule has 1 aromatic carbocycles. The topological polar surface area (TPSA) is 54.9 Å². The van der Waals surface area contributed by atoms with Crippen LogP contribution in [-0.2, 0) is 13.0 Å². The first-order valence-corrected chi connectivity index (χ1v) is 7.05. The van der Waals surface area contributed by atoms with Gasteiger partial charge in [-0.25, -0.2) is 4.79 Å². The molecule has 0 aliphatic rings. The van der Waals surface area contributed by atoms with Gasteiger partial charge in [-0.2, -0.15) is 0 Å². The van der Waals surface area contributed by atoms with Crippen molar-refractivity contribution in [2.75, 3.05) is 0 Å². The van der Waals surface area contributed by atoms with E-state index in [9.17, 15) is 9.59 Å². The van der Waals surface area contributed by atoms with Crippen molar-refractivity contribution in [3.05, 3.63) is 66.4 Å². The number of rotatable bonds is 4. The molecule has 0 aliphatic heterocycles. The van der Waals surface area contributed by atoms with E-state index in [2.05, 4.69) is 4.98 Å². The van der Waals surface area contributed by atoms with E-state index >= 15 is 0 Å². The van der Waals surface area contributed by atoms with Gasteiger partial charge in [0.15, 0.2) is 0 Å². The van der Waals surface area contributed by atoms with Crippen LogP contribution < -0.4 is 11.2 Å². The molecule has 2 aromatic rings. The van der Waals surface area contributed by atoms with Crippen LogP contribution in [0.1, 0.15) is 24.5 Å². The molecule has 0 unspecified atom stereocenters. The van der Waals surface area contributed by atoms with Crippen LogP contribution in [0.2, 0.25) is 10.2 Å². The summed E-state index contributed by atoms with van der Waals surface area (Å²) < 4.78 is 1.12. The van der Waals surface area contributed by atoms with Crippen LogP contribution in [-0.4, -0.2) is 9.55 Å². The average Bonchev–Trinajstić information content (AvgIpc) is 2.41. The van der Waals surface area contributed by atoms with E-state index in [1.165, 1.54) is 0 Å². The summed E-state index contributed by atoms with van der Waals surface area (Å²) in [5.74, 6) is 0. The van der Waals surface area contributed by atoms with E-state index < -0.39 is 5.69 Å². The molecule has 0 saturated carbocycles. The molecule has 0 spiro atoms. The summed E-state index contributed by atoms with van der Waals surface area (Å²) in [5.41, 5.74) is 0.257. The molecule has 1 heterocycles. The Labute approximate surface area is 126 Å². The standard InChI is InChI=1S/C14H14Cl2N2O2/c1-2-5-10-12(16)17-14(20)18(13(10)19)8-9-6-3-4-7-11(9)15/h3-4,6-7H,2,5,8H2,1H3,(H,17,20). The smallest absolute Gasteiger partial charge is 0.297 e. The molecule has 20 heavy (non-hydrogen) atoms. The number of aromatic amines is 1. The zero-order valence-electron chi connectivity index (χ0n) is 11.0. The summed E-state index contributed by atoms with van der Waals surface area (Å²) in [6.07, 6.45) is 1.30. The normalized spacial score (nSPS) is 10.8. The molecule has 6 heteroatoms. The van der Waals surface area contributed by atoms with Crippen LogP contribution in [0.15, 0.2) is 33.9 Å². The third-order valence-corrected chi connectivity index (χ3v) is 3.71. The van der Waals surface area contributed by atoms with Crippen molar-refractivity contribution >= 4 is 23.2 Å². The highest BCUT2D eigenvalue weighted by Gasteiger charge is 2.13. The van der Waals surface area contributed by atoms with Gasteiger partial charge in [0.25, 0.3) is 5.56 Å². The van der Waals surface area contributed by atoms with Crippen molar-refractivity contribution < 1.29 is 0 Å².